The lowest BCUT2D eigenvalue weighted by Gasteiger charge is -2.37. The lowest BCUT2D eigenvalue weighted by molar-refractivity contribution is -0.805. The molecule has 2 saturated heterocycles. The van der Waals surface area contributed by atoms with Crippen molar-refractivity contribution >= 4 is 11.3 Å². The van der Waals surface area contributed by atoms with Crippen LogP contribution in [-0.4, -0.2) is 30.1 Å². The molecule has 3 unspecified atom stereocenters. The SMILES string of the molecule is CN1C2CCC1CC([NH+]1C=C(c3ccccc3)c3ccccc31)C2. The second-order valence-corrected chi connectivity index (χ2v) is 7.64. The van der Waals surface area contributed by atoms with Crippen LogP contribution in [0.25, 0.3) is 5.57 Å². The van der Waals surface area contributed by atoms with Crippen LogP contribution in [0.2, 0.25) is 0 Å². The van der Waals surface area contributed by atoms with Crippen LogP contribution in [-0.2, 0) is 0 Å². The lowest BCUT2D eigenvalue weighted by Crippen LogP contribution is -3.07. The van der Waals surface area contributed by atoms with Crippen molar-refractivity contribution in [3.8, 4) is 0 Å². The van der Waals surface area contributed by atoms with Gasteiger partial charge in [-0.3, -0.25) is 9.80 Å². The molecular weight excluding hydrogens is 292 g/mol. The molecule has 0 saturated carbocycles. The number of para-hydroxylation sites is 1. The maximum Gasteiger partial charge on any atom is 0.144 e. The minimum Gasteiger partial charge on any atom is -0.300 e. The summed E-state index contributed by atoms with van der Waals surface area (Å²) in [4.78, 5) is 4.23. The average molecular weight is 317 g/mol. The fourth-order valence-corrected chi connectivity index (χ4v) is 5.14. The summed E-state index contributed by atoms with van der Waals surface area (Å²) in [5, 5.41) is 0. The average Bonchev–Trinajstić information content (AvgIpc) is 3.08. The Hall–Kier alpha value is -1.90. The van der Waals surface area contributed by atoms with Crippen LogP contribution >= 0.6 is 0 Å². The third-order valence-corrected chi connectivity index (χ3v) is 6.45. The van der Waals surface area contributed by atoms with Crippen molar-refractivity contribution in [2.24, 2.45) is 0 Å². The number of hydrogen-bond acceptors (Lipinski definition) is 1. The Balaban J connectivity index is 1.54. The van der Waals surface area contributed by atoms with Crippen molar-refractivity contribution < 1.29 is 4.90 Å². The molecule has 0 amide bonds. The standard InChI is InChI=1S/C22H24N2/c1-23-17-11-12-18(23)14-19(13-17)24-15-21(16-7-3-2-4-8-16)20-9-5-6-10-22(20)24/h2-10,15,17-19H,11-14H2,1H3/p+1. The van der Waals surface area contributed by atoms with Gasteiger partial charge in [-0.2, -0.15) is 0 Å². The van der Waals surface area contributed by atoms with E-state index in [1.54, 1.807) is 4.90 Å². The first-order valence-corrected chi connectivity index (χ1v) is 9.27. The molecular formula is C22H25N2+. The summed E-state index contributed by atoms with van der Waals surface area (Å²) in [6.07, 6.45) is 7.93. The monoisotopic (exact) mass is 317 g/mol. The van der Waals surface area contributed by atoms with Crippen molar-refractivity contribution in [2.75, 3.05) is 7.05 Å². The van der Waals surface area contributed by atoms with E-state index in [-0.39, 0.29) is 0 Å². The molecule has 3 aliphatic heterocycles. The number of quaternary nitrogens is 1. The number of piperidine rings is 1. The van der Waals surface area contributed by atoms with E-state index in [4.69, 9.17) is 0 Å². The number of rotatable bonds is 2. The summed E-state index contributed by atoms with van der Waals surface area (Å²) in [5.41, 5.74) is 5.65. The van der Waals surface area contributed by atoms with Crippen LogP contribution < -0.4 is 4.90 Å². The number of hydrogen-bond donors (Lipinski definition) is 1. The van der Waals surface area contributed by atoms with Crippen LogP contribution in [0, 0.1) is 0 Å². The number of benzene rings is 2. The fraction of sp³-hybridized carbons (Fsp3) is 0.364. The summed E-state index contributed by atoms with van der Waals surface area (Å²) in [7, 11) is 2.33. The van der Waals surface area contributed by atoms with Gasteiger partial charge in [-0.25, -0.2) is 0 Å². The van der Waals surface area contributed by atoms with Gasteiger partial charge in [0.15, 0.2) is 0 Å². The first-order valence-electron chi connectivity index (χ1n) is 9.27. The van der Waals surface area contributed by atoms with E-state index < -0.39 is 0 Å². The molecule has 3 aliphatic rings. The van der Waals surface area contributed by atoms with Crippen LogP contribution in [0.1, 0.15) is 36.8 Å². The van der Waals surface area contributed by atoms with Gasteiger partial charge in [0.05, 0.1) is 6.04 Å². The Labute approximate surface area is 144 Å². The Morgan fingerprint density at radius 3 is 2.29 bits per heavy atom. The molecule has 3 heterocycles. The zero-order chi connectivity index (χ0) is 16.1. The zero-order valence-corrected chi connectivity index (χ0v) is 14.3. The summed E-state index contributed by atoms with van der Waals surface area (Å²) < 4.78 is 0. The van der Waals surface area contributed by atoms with Gasteiger partial charge >= 0.3 is 0 Å². The molecule has 0 aliphatic carbocycles. The van der Waals surface area contributed by atoms with E-state index in [0.29, 0.717) is 0 Å². The summed E-state index contributed by atoms with van der Waals surface area (Å²) >= 11 is 0. The Morgan fingerprint density at radius 1 is 0.875 bits per heavy atom. The predicted molar refractivity (Wildman–Crippen MR) is 98.2 cm³/mol. The van der Waals surface area contributed by atoms with Gasteiger partial charge in [0, 0.05) is 42.1 Å². The topological polar surface area (TPSA) is 7.68 Å². The minimum atomic E-state index is 0.723. The van der Waals surface area contributed by atoms with Gasteiger partial charge in [-0.15, -0.1) is 0 Å². The van der Waals surface area contributed by atoms with Crippen LogP contribution in [0.5, 0.6) is 0 Å². The van der Waals surface area contributed by atoms with Gasteiger partial charge in [-0.05, 0) is 31.5 Å². The van der Waals surface area contributed by atoms with Gasteiger partial charge in [0.2, 0.25) is 0 Å². The first kappa shape index (κ1) is 14.4. The number of nitrogens with zero attached hydrogens (tertiary/aromatic N) is 1. The maximum absolute atomic E-state index is 2.64. The molecule has 0 radical (unpaired) electrons. The normalized spacial score (nSPS) is 31.8. The molecule has 3 atom stereocenters. The number of fused-ring (bicyclic) bond motifs is 3. The highest BCUT2D eigenvalue weighted by atomic mass is 15.2. The molecule has 2 aromatic carbocycles. The van der Waals surface area contributed by atoms with Gasteiger partial charge < -0.3 is 0 Å². The Kier molecular flexibility index (Phi) is 3.36. The minimum absolute atomic E-state index is 0.723. The largest absolute Gasteiger partial charge is 0.300 e. The van der Waals surface area contributed by atoms with Gasteiger partial charge in [0.1, 0.15) is 11.9 Å². The third-order valence-electron chi connectivity index (χ3n) is 6.45. The van der Waals surface area contributed by atoms with Crippen molar-refractivity contribution in [1.82, 2.24) is 4.90 Å². The molecule has 0 aromatic heterocycles. The van der Waals surface area contributed by atoms with E-state index in [9.17, 15) is 0 Å². The van der Waals surface area contributed by atoms with Gasteiger partial charge in [-0.1, -0.05) is 42.5 Å². The summed E-state index contributed by atoms with van der Waals surface area (Å²) in [6, 6.07) is 22.2. The van der Waals surface area contributed by atoms with E-state index >= 15 is 0 Å². The smallest absolute Gasteiger partial charge is 0.144 e. The molecule has 122 valence electrons. The molecule has 0 spiro atoms. The molecule has 2 heteroatoms. The quantitative estimate of drug-likeness (QED) is 0.893. The highest BCUT2D eigenvalue weighted by molar-refractivity contribution is 5.85. The van der Waals surface area contributed by atoms with E-state index in [1.165, 1.54) is 48.1 Å². The van der Waals surface area contributed by atoms with Crippen molar-refractivity contribution in [3.63, 3.8) is 0 Å². The second kappa shape index (κ2) is 5.58. The maximum atomic E-state index is 2.64. The van der Waals surface area contributed by atoms with Crippen molar-refractivity contribution in [3.05, 3.63) is 71.9 Å². The molecule has 2 nitrogen and oxygen atoms in total. The first-order chi connectivity index (χ1) is 11.8. The molecule has 1 N–H and O–H groups in total. The molecule has 5 rings (SSSR count). The highest BCUT2D eigenvalue weighted by Crippen LogP contribution is 2.36. The number of nitrogens with one attached hydrogen (secondary N) is 1. The van der Waals surface area contributed by atoms with Crippen LogP contribution in [0.4, 0.5) is 5.69 Å². The molecule has 2 fully saturated rings. The highest BCUT2D eigenvalue weighted by Gasteiger charge is 2.44. The summed E-state index contributed by atoms with van der Waals surface area (Å²) in [6.45, 7) is 0. The molecule has 2 bridgehead atoms. The Morgan fingerprint density at radius 2 is 1.54 bits per heavy atom. The van der Waals surface area contributed by atoms with E-state index in [0.717, 1.165) is 18.1 Å². The van der Waals surface area contributed by atoms with E-state index in [2.05, 4.69) is 72.7 Å². The van der Waals surface area contributed by atoms with Crippen LogP contribution in [0.15, 0.2) is 60.8 Å². The fourth-order valence-electron chi connectivity index (χ4n) is 5.14. The van der Waals surface area contributed by atoms with Crippen molar-refractivity contribution in [1.29, 1.82) is 0 Å². The second-order valence-electron chi connectivity index (χ2n) is 7.64. The molecule has 2 aromatic rings. The zero-order valence-electron chi connectivity index (χ0n) is 14.3. The lowest BCUT2D eigenvalue weighted by atomic mass is 9.96. The van der Waals surface area contributed by atoms with Gasteiger partial charge in [0.25, 0.3) is 0 Å². The third kappa shape index (κ3) is 2.17. The Bertz CT molecular complexity index is 766. The van der Waals surface area contributed by atoms with Crippen LogP contribution in [0.3, 0.4) is 0 Å². The van der Waals surface area contributed by atoms with Crippen molar-refractivity contribution in [2.45, 2.75) is 43.8 Å². The summed E-state index contributed by atoms with van der Waals surface area (Å²) in [5.74, 6) is 0. The van der Waals surface area contributed by atoms with E-state index in [1.807, 2.05) is 0 Å². The molecule has 24 heavy (non-hydrogen) atoms. The predicted octanol–water partition coefficient (Wildman–Crippen LogP) is 3.23.